The summed E-state index contributed by atoms with van der Waals surface area (Å²) in [7, 11) is 0. The van der Waals surface area contributed by atoms with Crippen LogP contribution in [0.2, 0.25) is 0 Å². The first-order valence-corrected chi connectivity index (χ1v) is 7.43. The van der Waals surface area contributed by atoms with Gasteiger partial charge in [0.05, 0.1) is 12.2 Å². The fraction of sp³-hybridized carbons (Fsp3) is 0.933. The van der Waals surface area contributed by atoms with Crippen molar-refractivity contribution in [1.82, 2.24) is 5.32 Å². The van der Waals surface area contributed by atoms with Gasteiger partial charge in [0, 0.05) is 13.0 Å². The fourth-order valence-corrected chi connectivity index (χ4v) is 2.88. The molecule has 1 aliphatic rings. The van der Waals surface area contributed by atoms with Crippen LogP contribution in [0.25, 0.3) is 0 Å². The topological polar surface area (TPSA) is 45.0 Å². The molecule has 0 aromatic rings. The largest absolute Gasteiger partial charge is 0.378 e. The second kappa shape index (κ2) is 7.76. The molecule has 3 unspecified atom stereocenters. The smallest absolute Gasteiger partial charge is 0.109 e. The van der Waals surface area contributed by atoms with E-state index in [0.717, 1.165) is 38.8 Å². The van der Waals surface area contributed by atoms with Crippen molar-refractivity contribution < 1.29 is 4.74 Å². The summed E-state index contributed by atoms with van der Waals surface area (Å²) in [5.41, 5.74) is -0.342. The molecule has 0 aromatic carbocycles. The molecular formula is C15H28N2O. The van der Waals surface area contributed by atoms with E-state index in [2.05, 4.69) is 32.2 Å². The highest BCUT2D eigenvalue weighted by molar-refractivity contribution is 5.10. The number of nitriles is 1. The highest BCUT2D eigenvalue weighted by Crippen LogP contribution is 2.30. The minimum atomic E-state index is -0.342. The minimum Gasteiger partial charge on any atom is -0.378 e. The molecule has 0 spiro atoms. The summed E-state index contributed by atoms with van der Waals surface area (Å²) < 4.78 is 6.01. The predicted molar refractivity (Wildman–Crippen MR) is 74.3 cm³/mol. The highest BCUT2D eigenvalue weighted by Gasteiger charge is 2.36. The summed E-state index contributed by atoms with van der Waals surface area (Å²) in [5.74, 6) is 0.632. The molecule has 0 bridgehead atoms. The van der Waals surface area contributed by atoms with Crippen LogP contribution in [0, 0.1) is 17.2 Å². The minimum absolute atomic E-state index is 0.261. The van der Waals surface area contributed by atoms with Crippen LogP contribution in [-0.4, -0.2) is 24.8 Å². The van der Waals surface area contributed by atoms with Crippen molar-refractivity contribution in [3.63, 3.8) is 0 Å². The van der Waals surface area contributed by atoms with Crippen molar-refractivity contribution in [2.75, 3.05) is 13.2 Å². The third kappa shape index (κ3) is 4.59. The van der Waals surface area contributed by atoms with E-state index in [9.17, 15) is 5.26 Å². The van der Waals surface area contributed by atoms with Gasteiger partial charge >= 0.3 is 0 Å². The molecule has 3 nitrogen and oxygen atoms in total. The summed E-state index contributed by atoms with van der Waals surface area (Å²) in [4.78, 5) is 0. The quantitative estimate of drug-likeness (QED) is 0.756. The van der Waals surface area contributed by atoms with Crippen molar-refractivity contribution >= 4 is 0 Å². The van der Waals surface area contributed by atoms with E-state index in [-0.39, 0.29) is 11.6 Å². The van der Waals surface area contributed by atoms with Gasteiger partial charge in [-0.2, -0.15) is 5.26 Å². The van der Waals surface area contributed by atoms with E-state index >= 15 is 0 Å². The molecule has 0 amide bonds. The second-order valence-electron chi connectivity index (χ2n) is 5.67. The summed E-state index contributed by atoms with van der Waals surface area (Å²) in [6, 6.07) is 2.47. The maximum atomic E-state index is 9.38. The summed E-state index contributed by atoms with van der Waals surface area (Å²) in [5, 5.41) is 12.7. The van der Waals surface area contributed by atoms with Crippen LogP contribution in [0.4, 0.5) is 0 Å². The van der Waals surface area contributed by atoms with Gasteiger partial charge in [0.1, 0.15) is 5.54 Å². The number of nitrogens with one attached hydrogen (secondary N) is 1. The molecule has 1 aliphatic carbocycles. The molecule has 3 atom stereocenters. The zero-order valence-electron chi connectivity index (χ0n) is 12.2. The van der Waals surface area contributed by atoms with Crippen molar-refractivity contribution in [1.29, 1.82) is 5.26 Å². The van der Waals surface area contributed by atoms with E-state index in [1.54, 1.807) is 0 Å². The Hall–Kier alpha value is -0.590. The Morgan fingerprint density at radius 3 is 2.89 bits per heavy atom. The summed E-state index contributed by atoms with van der Waals surface area (Å²) in [6.07, 6.45) is 6.70. The van der Waals surface area contributed by atoms with Crippen molar-refractivity contribution in [2.45, 2.75) is 70.9 Å². The van der Waals surface area contributed by atoms with Crippen molar-refractivity contribution in [3.05, 3.63) is 0 Å². The van der Waals surface area contributed by atoms with E-state index in [1.807, 2.05) is 0 Å². The number of hydrogen-bond acceptors (Lipinski definition) is 3. The molecule has 3 heteroatoms. The van der Waals surface area contributed by atoms with Gasteiger partial charge in [0.2, 0.25) is 0 Å². The zero-order chi connectivity index (χ0) is 13.4. The Bertz CT molecular complexity index is 270. The summed E-state index contributed by atoms with van der Waals surface area (Å²) >= 11 is 0. The van der Waals surface area contributed by atoms with Crippen LogP contribution in [0.5, 0.6) is 0 Å². The maximum Gasteiger partial charge on any atom is 0.109 e. The first kappa shape index (κ1) is 15.5. The van der Waals surface area contributed by atoms with Gasteiger partial charge in [-0.1, -0.05) is 27.2 Å². The van der Waals surface area contributed by atoms with Gasteiger partial charge in [-0.25, -0.2) is 0 Å². The van der Waals surface area contributed by atoms with E-state index in [0.29, 0.717) is 5.92 Å². The first-order chi connectivity index (χ1) is 8.65. The average molecular weight is 252 g/mol. The number of rotatable bonds is 7. The van der Waals surface area contributed by atoms with Gasteiger partial charge in [-0.05, 0) is 38.1 Å². The lowest BCUT2D eigenvalue weighted by molar-refractivity contribution is -0.00686. The van der Waals surface area contributed by atoms with E-state index in [1.165, 1.54) is 12.8 Å². The molecule has 0 aliphatic heterocycles. The van der Waals surface area contributed by atoms with Gasteiger partial charge in [-0.15, -0.1) is 0 Å². The van der Waals surface area contributed by atoms with Crippen LogP contribution in [0.1, 0.15) is 59.3 Å². The zero-order valence-corrected chi connectivity index (χ0v) is 12.2. The summed E-state index contributed by atoms with van der Waals surface area (Å²) in [6.45, 7) is 8.21. The molecule has 18 heavy (non-hydrogen) atoms. The molecule has 1 saturated carbocycles. The molecule has 0 saturated heterocycles. The van der Waals surface area contributed by atoms with Crippen LogP contribution >= 0.6 is 0 Å². The molecule has 0 radical (unpaired) electrons. The van der Waals surface area contributed by atoms with Crippen LogP contribution in [0.15, 0.2) is 0 Å². The molecule has 1 fully saturated rings. The van der Waals surface area contributed by atoms with Crippen molar-refractivity contribution in [2.24, 2.45) is 5.92 Å². The van der Waals surface area contributed by atoms with Crippen LogP contribution < -0.4 is 5.32 Å². The van der Waals surface area contributed by atoms with Gasteiger partial charge in [0.15, 0.2) is 0 Å². The normalized spacial score (nSPS) is 29.8. The van der Waals surface area contributed by atoms with Crippen LogP contribution in [-0.2, 0) is 4.74 Å². The lowest BCUT2D eigenvalue weighted by Crippen LogP contribution is -2.49. The number of ether oxygens (including phenoxy) is 1. The number of nitrogens with zero attached hydrogens (tertiary/aromatic N) is 1. The Balaban J connectivity index is 2.41. The average Bonchev–Trinajstić information content (AvgIpc) is 2.37. The molecule has 0 aromatic heterocycles. The molecule has 0 heterocycles. The fourth-order valence-electron chi connectivity index (χ4n) is 2.88. The van der Waals surface area contributed by atoms with E-state index < -0.39 is 0 Å². The third-order valence-electron chi connectivity index (χ3n) is 3.83. The Morgan fingerprint density at radius 2 is 2.28 bits per heavy atom. The van der Waals surface area contributed by atoms with Gasteiger partial charge in [-0.3, -0.25) is 5.32 Å². The standard InChI is InChI=1S/C15H28N2O/c1-4-7-13(3)11-18-14-8-6-9-15(10-14,12-16)17-5-2/h13-14,17H,4-11H2,1-3H3. The number of hydrogen-bond donors (Lipinski definition) is 1. The van der Waals surface area contributed by atoms with Gasteiger partial charge < -0.3 is 4.74 Å². The molecule has 1 rings (SSSR count). The Labute approximate surface area is 112 Å². The first-order valence-electron chi connectivity index (χ1n) is 7.43. The molecule has 104 valence electrons. The van der Waals surface area contributed by atoms with Crippen molar-refractivity contribution in [3.8, 4) is 6.07 Å². The SMILES string of the molecule is CCCC(C)COC1CCCC(C#N)(NCC)C1. The highest BCUT2D eigenvalue weighted by atomic mass is 16.5. The van der Waals surface area contributed by atoms with E-state index in [4.69, 9.17) is 4.74 Å². The maximum absolute atomic E-state index is 9.38. The molecular weight excluding hydrogens is 224 g/mol. The monoisotopic (exact) mass is 252 g/mol. The lowest BCUT2D eigenvalue weighted by Gasteiger charge is -2.36. The third-order valence-corrected chi connectivity index (χ3v) is 3.83. The lowest BCUT2D eigenvalue weighted by atomic mass is 9.81. The second-order valence-corrected chi connectivity index (χ2v) is 5.67. The Kier molecular flexibility index (Phi) is 6.67. The Morgan fingerprint density at radius 1 is 1.50 bits per heavy atom. The van der Waals surface area contributed by atoms with Gasteiger partial charge in [0.25, 0.3) is 0 Å². The molecule has 1 N–H and O–H groups in total. The predicted octanol–water partition coefficient (Wildman–Crippen LogP) is 3.25. The van der Waals surface area contributed by atoms with Crippen LogP contribution in [0.3, 0.4) is 0 Å².